The topological polar surface area (TPSA) is 97.1 Å². The minimum atomic E-state index is -4.09. The first-order chi connectivity index (χ1) is 11.7. The quantitative estimate of drug-likeness (QED) is 0.549. The number of benzene rings is 1. The zero-order valence-corrected chi connectivity index (χ0v) is 17.3. The van der Waals surface area contributed by atoms with Crippen molar-refractivity contribution in [2.75, 3.05) is 26.4 Å². The molecule has 9 heteroatoms. The summed E-state index contributed by atoms with van der Waals surface area (Å²) < 4.78 is 49.0. The number of nitrogens with two attached hydrogens (primary N) is 1. The average molecular weight is 393 g/mol. The summed E-state index contributed by atoms with van der Waals surface area (Å²) in [5, 5.41) is -2.08. The molecule has 0 aromatic heterocycles. The summed E-state index contributed by atoms with van der Waals surface area (Å²) in [5.41, 5.74) is 7.83. The maximum absolute atomic E-state index is 13.6. The summed E-state index contributed by atoms with van der Waals surface area (Å²) in [6.45, 7) is 8.82. The fraction of sp³-hybridized carbons (Fsp3) is 0.625. The zero-order valence-electron chi connectivity index (χ0n) is 15.6. The Morgan fingerprint density at radius 1 is 0.800 bits per heavy atom. The SMILES string of the molecule is CCOP(=O)(OCC)C(N)(c1ccc(C)cc1)P(=O)(OCC)OCC. The molecule has 0 spiro atoms. The molecule has 0 amide bonds. The fourth-order valence-electron chi connectivity index (χ4n) is 2.41. The maximum Gasteiger partial charge on any atom is 0.367 e. The van der Waals surface area contributed by atoms with Gasteiger partial charge in [0.1, 0.15) is 0 Å². The van der Waals surface area contributed by atoms with Gasteiger partial charge in [0.15, 0.2) is 0 Å². The second kappa shape index (κ2) is 9.43. The number of aryl methyl sites for hydroxylation is 1. The van der Waals surface area contributed by atoms with Gasteiger partial charge in [-0.05, 0) is 40.2 Å². The normalized spacial score (nSPS) is 13.2. The molecule has 1 aromatic rings. The van der Waals surface area contributed by atoms with Crippen LogP contribution < -0.4 is 5.73 Å². The summed E-state index contributed by atoms with van der Waals surface area (Å²) in [5.74, 6) is 0. The van der Waals surface area contributed by atoms with Gasteiger partial charge >= 0.3 is 15.2 Å². The van der Waals surface area contributed by atoms with Crippen molar-refractivity contribution in [3.63, 3.8) is 0 Å². The molecule has 1 aromatic carbocycles. The Morgan fingerprint density at radius 2 is 1.12 bits per heavy atom. The summed E-state index contributed by atoms with van der Waals surface area (Å²) in [7, 11) is -8.19. The molecule has 0 fully saturated rings. The van der Waals surface area contributed by atoms with E-state index in [0.717, 1.165) is 5.56 Å². The first-order valence-electron chi connectivity index (χ1n) is 8.39. The van der Waals surface area contributed by atoms with Crippen LogP contribution in [0.15, 0.2) is 24.3 Å². The molecule has 25 heavy (non-hydrogen) atoms. The second-order valence-electron chi connectivity index (χ2n) is 5.26. The lowest BCUT2D eigenvalue weighted by atomic mass is 10.1. The molecule has 144 valence electrons. The van der Waals surface area contributed by atoms with Gasteiger partial charge in [-0.1, -0.05) is 29.8 Å². The summed E-state index contributed by atoms with van der Waals surface area (Å²) in [4.78, 5) is 0. The lowest BCUT2D eigenvalue weighted by molar-refractivity contribution is 0.177. The highest BCUT2D eigenvalue weighted by molar-refractivity contribution is 7.73. The van der Waals surface area contributed by atoms with E-state index in [1.54, 1.807) is 52.0 Å². The Balaban J connectivity index is 3.72. The fourth-order valence-corrected chi connectivity index (χ4v) is 7.53. The molecule has 0 radical (unpaired) electrons. The molecule has 0 bridgehead atoms. The molecule has 2 N–H and O–H groups in total. The van der Waals surface area contributed by atoms with E-state index in [1.807, 2.05) is 6.92 Å². The van der Waals surface area contributed by atoms with E-state index in [-0.39, 0.29) is 26.4 Å². The van der Waals surface area contributed by atoms with Crippen molar-refractivity contribution in [2.45, 2.75) is 39.6 Å². The van der Waals surface area contributed by atoms with E-state index >= 15 is 0 Å². The van der Waals surface area contributed by atoms with Gasteiger partial charge in [0, 0.05) is 0 Å². The number of rotatable bonds is 11. The predicted octanol–water partition coefficient (Wildman–Crippen LogP) is 4.60. The van der Waals surface area contributed by atoms with Gasteiger partial charge in [0.05, 0.1) is 26.4 Å². The van der Waals surface area contributed by atoms with E-state index in [9.17, 15) is 9.13 Å². The van der Waals surface area contributed by atoms with Gasteiger partial charge < -0.3 is 23.8 Å². The van der Waals surface area contributed by atoms with Crippen molar-refractivity contribution in [1.29, 1.82) is 0 Å². The van der Waals surface area contributed by atoms with E-state index in [4.69, 9.17) is 23.8 Å². The van der Waals surface area contributed by atoms with Crippen molar-refractivity contribution >= 4 is 15.2 Å². The minimum absolute atomic E-state index is 0.0698. The Bertz CT molecular complexity index is 584. The van der Waals surface area contributed by atoms with Crippen LogP contribution in [0.3, 0.4) is 0 Å². The third-order valence-corrected chi connectivity index (χ3v) is 9.56. The smallest absolute Gasteiger partial charge is 0.307 e. The van der Waals surface area contributed by atoms with Crippen LogP contribution in [-0.2, 0) is 32.2 Å². The van der Waals surface area contributed by atoms with Crippen LogP contribution >= 0.6 is 15.2 Å². The molecular weight excluding hydrogens is 364 g/mol. The number of hydrogen-bond acceptors (Lipinski definition) is 7. The maximum atomic E-state index is 13.6. The van der Waals surface area contributed by atoms with E-state index in [2.05, 4.69) is 0 Å². The largest absolute Gasteiger partial charge is 0.367 e. The van der Waals surface area contributed by atoms with Crippen molar-refractivity contribution in [3.8, 4) is 0 Å². The predicted molar refractivity (Wildman–Crippen MR) is 98.8 cm³/mol. The molecule has 0 unspecified atom stereocenters. The molecule has 0 atom stereocenters. The van der Waals surface area contributed by atoms with Crippen LogP contribution in [0.5, 0.6) is 0 Å². The third kappa shape index (κ3) is 4.42. The Morgan fingerprint density at radius 3 is 1.40 bits per heavy atom. The number of hydrogen-bond donors (Lipinski definition) is 1. The Hall–Kier alpha value is -0.520. The van der Waals surface area contributed by atoms with Crippen molar-refractivity contribution in [3.05, 3.63) is 35.4 Å². The highest BCUT2D eigenvalue weighted by Crippen LogP contribution is 2.79. The van der Waals surface area contributed by atoms with Crippen LogP contribution in [0.1, 0.15) is 38.8 Å². The summed E-state index contributed by atoms with van der Waals surface area (Å²) in [6.07, 6.45) is 0. The molecule has 0 aliphatic carbocycles. The Labute approximate surface area is 150 Å². The van der Waals surface area contributed by atoms with Gasteiger partial charge in [-0.25, -0.2) is 0 Å². The molecule has 0 heterocycles. The molecular formula is C16H29NO6P2. The monoisotopic (exact) mass is 393 g/mol. The van der Waals surface area contributed by atoms with E-state index in [1.165, 1.54) is 0 Å². The summed E-state index contributed by atoms with van der Waals surface area (Å²) in [6, 6.07) is 6.85. The van der Waals surface area contributed by atoms with Crippen LogP contribution in [0.4, 0.5) is 0 Å². The van der Waals surface area contributed by atoms with E-state index < -0.39 is 20.2 Å². The van der Waals surface area contributed by atoms with Crippen LogP contribution in [0.25, 0.3) is 0 Å². The molecule has 0 saturated carbocycles. The van der Waals surface area contributed by atoms with Gasteiger partial charge in [-0.2, -0.15) is 0 Å². The van der Waals surface area contributed by atoms with E-state index in [0.29, 0.717) is 5.56 Å². The average Bonchev–Trinajstić information content (AvgIpc) is 2.55. The third-order valence-electron chi connectivity index (χ3n) is 3.51. The highest BCUT2D eigenvalue weighted by Gasteiger charge is 2.64. The first-order valence-corrected chi connectivity index (χ1v) is 11.5. The van der Waals surface area contributed by atoms with Crippen LogP contribution in [0, 0.1) is 6.92 Å². The molecule has 1 rings (SSSR count). The van der Waals surface area contributed by atoms with Gasteiger partial charge in [0.2, 0.25) is 5.02 Å². The minimum Gasteiger partial charge on any atom is -0.307 e. The molecule has 0 aliphatic heterocycles. The molecule has 7 nitrogen and oxygen atoms in total. The van der Waals surface area contributed by atoms with Crippen LogP contribution in [0.2, 0.25) is 0 Å². The lowest BCUT2D eigenvalue weighted by Gasteiger charge is -2.39. The zero-order chi connectivity index (χ0) is 19.1. The molecule has 0 aliphatic rings. The summed E-state index contributed by atoms with van der Waals surface area (Å²) >= 11 is 0. The van der Waals surface area contributed by atoms with Crippen LogP contribution in [-0.4, -0.2) is 26.4 Å². The lowest BCUT2D eigenvalue weighted by Crippen LogP contribution is -2.39. The van der Waals surface area contributed by atoms with Crippen molar-refractivity contribution < 1.29 is 27.2 Å². The first kappa shape index (κ1) is 22.5. The Kier molecular flexibility index (Phi) is 8.49. The van der Waals surface area contributed by atoms with Gasteiger partial charge in [-0.3, -0.25) is 9.13 Å². The van der Waals surface area contributed by atoms with Gasteiger partial charge in [-0.15, -0.1) is 0 Å². The van der Waals surface area contributed by atoms with Crippen molar-refractivity contribution in [1.82, 2.24) is 0 Å². The molecule has 0 saturated heterocycles. The second-order valence-corrected chi connectivity index (χ2v) is 10.0. The van der Waals surface area contributed by atoms with Gasteiger partial charge in [0.25, 0.3) is 0 Å². The van der Waals surface area contributed by atoms with Crippen molar-refractivity contribution in [2.24, 2.45) is 5.73 Å². The standard InChI is InChI=1S/C16H29NO6P2/c1-6-20-24(18,21-7-2)16(17,15-12-10-14(5)11-13-15)25(19,22-8-3)23-9-4/h10-13H,6-9,17H2,1-5H3. The highest BCUT2D eigenvalue weighted by atomic mass is 31.2.